The summed E-state index contributed by atoms with van der Waals surface area (Å²) in [6.07, 6.45) is 0. The number of amides is 1. The van der Waals surface area contributed by atoms with Crippen LogP contribution in [0.4, 0.5) is 5.69 Å². The molecule has 1 heterocycles. The molecule has 0 atom stereocenters. The van der Waals surface area contributed by atoms with Crippen LogP contribution in [0.25, 0.3) is 0 Å². The average molecular weight is 376 g/mol. The standard InChI is InChI=1S/C12H10BrNO4S2/c1-8(15)14-9-2-4-10(5-3-9)18-20(16,17)12-7-6-11(13)19-12/h2-7H,1H3,(H,14,15). The Hall–Kier alpha value is -1.38. The van der Waals surface area contributed by atoms with Gasteiger partial charge in [0.25, 0.3) is 0 Å². The highest BCUT2D eigenvalue weighted by Gasteiger charge is 2.18. The number of nitrogens with one attached hydrogen (secondary N) is 1. The van der Waals surface area contributed by atoms with Crippen molar-refractivity contribution in [2.75, 3.05) is 5.32 Å². The van der Waals surface area contributed by atoms with E-state index in [1.807, 2.05) is 0 Å². The van der Waals surface area contributed by atoms with Gasteiger partial charge < -0.3 is 9.50 Å². The van der Waals surface area contributed by atoms with Crippen molar-refractivity contribution in [3.63, 3.8) is 0 Å². The average Bonchev–Trinajstić information content (AvgIpc) is 2.78. The first-order chi connectivity index (χ1) is 9.37. The summed E-state index contributed by atoms with van der Waals surface area (Å²) in [6, 6.07) is 9.20. The topological polar surface area (TPSA) is 72.5 Å². The number of hydrogen-bond donors (Lipinski definition) is 1. The number of carbonyl (C=O) groups excluding carboxylic acids is 1. The Labute approximate surface area is 128 Å². The van der Waals surface area contributed by atoms with Crippen LogP contribution in [0.3, 0.4) is 0 Å². The molecule has 1 aromatic heterocycles. The monoisotopic (exact) mass is 375 g/mol. The van der Waals surface area contributed by atoms with Crippen molar-refractivity contribution in [2.24, 2.45) is 0 Å². The Kier molecular flexibility index (Phi) is 4.46. The van der Waals surface area contributed by atoms with Crippen molar-refractivity contribution in [3.8, 4) is 5.75 Å². The van der Waals surface area contributed by atoms with Crippen LogP contribution in [0.1, 0.15) is 6.92 Å². The van der Waals surface area contributed by atoms with Crippen molar-refractivity contribution in [1.82, 2.24) is 0 Å². The molecule has 0 saturated heterocycles. The first kappa shape index (κ1) is 15.0. The highest BCUT2D eigenvalue weighted by molar-refractivity contribution is 9.11. The lowest BCUT2D eigenvalue weighted by molar-refractivity contribution is -0.114. The maximum atomic E-state index is 12.0. The molecule has 2 aromatic rings. The third-order valence-electron chi connectivity index (χ3n) is 2.18. The third kappa shape index (κ3) is 3.81. The van der Waals surface area contributed by atoms with Crippen LogP contribution in [-0.2, 0) is 14.9 Å². The molecule has 0 fully saturated rings. The van der Waals surface area contributed by atoms with Crippen molar-refractivity contribution >= 4 is 49.0 Å². The van der Waals surface area contributed by atoms with Crippen LogP contribution >= 0.6 is 27.3 Å². The van der Waals surface area contributed by atoms with Crippen LogP contribution in [-0.4, -0.2) is 14.3 Å². The third-order valence-corrected chi connectivity index (χ3v) is 5.50. The fourth-order valence-electron chi connectivity index (χ4n) is 1.40. The van der Waals surface area contributed by atoms with Crippen LogP contribution in [0.2, 0.25) is 0 Å². The van der Waals surface area contributed by atoms with Gasteiger partial charge in [0.1, 0.15) is 5.75 Å². The molecular formula is C12H10BrNO4S2. The van der Waals surface area contributed by atoms with Gasteiger partial charge in [0.2, 0.25) is 5.91 Å². The molecule has 0 aliphatic heterocycles. The van der Waals surface area contributed by atoms with Crippen LogP contribution in [0, 0.1) is 0 Å². The van der Waals surface area contributed by atoms with Gasteiger partial charge in [-0.15, -0.1) is 11.3 Å². The zero-order valence-electron chi connectivity index (χ0n) is 10.3. The lowest BCUT2D eigenvalue weighted by Crippen LogP contribution is -2.08. The molecule has 1 aromatic carbocycles. The van der Waals surface area contributed by atoms with Gasteiger partial charge in [-0.3, -0.25) is 4.79 Å². The predicted octanol–water partition coefficient (Wildman–Crippen LogP) is 3.24. The highest BCUT2D eigenvalue weighted by atomic mass is 79.9. The summed E-state index contributed by atoms with van der Waals surface area (Å²) in [7, 11) is -3.83. The Balaban J connectivity index is 2.15. The molecule has 5 nitrogen and oxygen atoms in total. The van der Waals surface area contributed by atoms with E-state index >= 15 is 0 Å². The second-order valence-corrected chi connectivity index (χ2v) is 8.04. The van der Waals surface area contributed by atoms with Crippen molar-refractivity contribution in [1.29, 1.82) is 0 Å². The van der Waals surface area contributed by atoms with Gasteiger partial charge in [-0.2, -0.15) is 8.42 Å². The van der Waals surface area contributed by atoms with Gasteiger partial charge >= 0.3 is 10.1 Å². The minimum atomic E-state index is -3.83. The van der Waals surface area contributed by atoms with Crippen LogP contribution < -0.4 is 9.50 Å². The lowest BCUT2D eigenvalue weighted by atomic mass is 10.3. The number of halogens is 1. The number of anilines is 1. The van der Waals surface area contributed by atoms with Gasteiger partial charge in [-0.05, 0) is 52.3 Å². The van der Waals surface area contributed by atoms with Gasteiger partial charge in [0.05, 0.1) is 3.79 Å². The molecule has 1 amide bonds. The molecule has 1 N–H and O–H groups in total. The Bertz CT molecular complexity index is 722. The Morgan fingerprint density at radius 2 is 1.85 bits per heavy atom. The van der Waals surface area contributed by atoms with Gasteiger partial charge in [-0.1, -0.05) is 0 Å². The largest absolute Gasteiger partial charge is 0.378 e. The first-order valence-electron chi connectivity index (χ1n) is 5.44. The van der Waals surface area contributed by atoms with E-state index in [1.165, 1.54) is 25.1 Å². The number of benzene rings is 1. The predicted molar refractivity (Wildman–Crippen MR) is 80.6 cm³/mol. The minimum Gasteiger partial charge on any atom is -0.378 e. The van der Waals surface area contributed by atoms with Crippen molar-refractivity contribution in [2.45, 2.75) is 11.1 Å². The summed E-state index contributed by atoms with van der Waals surface area (Å²) in [6.45, 7) is 1.39. The van der Waals surface area contributed by atoms with Crippen LogP contribution in [0.15, 0.2) is 44.4 Å². The van der Waals surface area contributed by atoms with Crippen molar-refractivity contribution < 1.29 is 17.4 Å². The summed E-state index contributed by atoms with van der Waals surface area (Å²) in [5, 5.41) is 2.58. The molecule has 0 radical (unpaired) electrons. The molecule has 0 aliphatic rings. The fraction of sp³-hybridized carbons (Fsp3) is 0.0833. The van der Waals surface area contributed by atoms with E-state index in [4.69, 9.17) is 4.18 Å². The quantitative estimate of drug-likeness (QED) is 0.832. The zero-order valence-corrected chi connectivity index (χ0v) is 13.5. The Morgan fingerprint density at radius 3 is 2.35 bits per heavy atom. The molecule has 0 spiro atoms. The molecule has 0 aliphatic carbocycles. The van der Waals surface area contributed by atoms with E-state index in [1.54, 1.807) is 18.2 Å². The Morgan fingerprint density at radius 1 is 1.20 bits per heavy atom. The van der Waals surface area contributed by atoms with Gasteiger partial charge in [0.15, 0.2) is 4.21 Å². The summed E-state index contributed by atoms with van der Waals surface area (Å²) >= 11 is 4.27. The summed E-state index contributed by atoms with van der Waals surface area (Å²) < 4.78 is 29.8. The molecule has 0 saturated carbocycles. The molecule has 20 heavy (non-hydrogen) atoms. The van der Waals surface area contributed by atoms with E-state index in [0.29, 0.717) is 9.47 Å². The van der Waals surface area contributed by atoms with Crippen LogP contribution in [0.5, 0.6) is 5.75 Å². The number of thiophene rings is 1. The molecule has 2 rings (SSSR count). The number of carbonyl (C=O) groups is 1. The summed E-state index contributed by atoms with van der Waals surface area (Å²) in [5.74, 6) is -0.0154. The molecule has 0 unspecified atom stereocenters. The zero-order chi connectivity index (χ0) is 14.8. The maximum Gasteiger partial charge on any atom is 0.348 e. The first-order valence-corrected chi connectivity index (χ1v) is 8.46. The second kappa shape index (κ2) is 5.94. The molecular weight excluding hydrogens is 366 g/mol. The van der Waals surface area contributed by atoms with E-state index in [0.717, 1.165) is 11.3 Å². The smallest absolute Gasteiger partial charge is 0.348 e. The fourth-order valence-corrected chi connectivity index (χ4v) is 4.30. The number of hydrogen-bond acceptors (Lipinski definition) is 5. The van der Waals surface area contributed by atoms with Crippen molar-refractivity contribution in [3.05, 3.63) is 40.2 Å². The normalized spacial score (nSPS) is 11.1. The van der Waals surface area contributed by atoms with E-state index < -0.39 is 10.1 Å². The van der Waals surface area contributed by atoms with E-state index in [9.17, 15) is 13.2 Å². The molecule has 106 valence electrons. The van der Waals surface area contributed by atoms with E-state index in [-0.39, 0.29) is 15.9 Å². The molecule has 0 bridgehead atoms. The highest BCUT2D eigenvalue weighted by Crippen LogP contribution is 2.28. The SMILES string of the molecule is CC(=O)Nc1ccc(OS(=O)(=O)c2ccc(Br)s2)cc1. The maximum absolute atomic E-state index is 12.0. The van der Waals surface area contributed by atoms with E-state index in [2.05, 4.69) is 21.2 Å². The van der Waals surface area contributed by atoms with Gasteiger partial charge in [-0.25, -0.2) is 0 Å². The second-order valence-electron chi connectivity index (χ2n) is 3.80. The minimum absolute atomic E-state index is 0.121. The van der Waals surface area contributed by atoms with Gasteiger partial charge in [0, 0.05) is 12.6 Å². The number of rotatable bonds is 4. The lowest BCUT2D eigenvalue weighted by Gasteiger charge is -2.06. The summed E-state index contributed by atoms with van der Waals surface area (Å²) in [4.78, 5) is 10.9. The summed E-state index contributed by atoms with van der Waals surface area (Å²) in [5.41, 5.74) is 0.570. The molecule has 8 heteroatoms.